The molecule has 196 valence electrons. The highest BCUT2D eigenvalue weighted by atomic mass is 16.5. The first-order valence-electron chi connectivity index (χ1n) is 12.9. The van der Waals surface area contributed by atoms with Crippen LogP contribution in [0.25, 0.3) is 11.0 Å². The summed E-state index contributed by atoms with van der Waals surface area (Å²) in [5.74, 6) is 2.50. The van der Waals surface area contributed by atoms with Crippen molar-refractivity contribution >= 4 is 34.4 Å². The molecule has 0 bridgehead atoms. The highest BCUT2D eigenvalue weighted by Gasteiger charge is 2.31. The third-order valence-corrected chi connectivity index (χ3v) is 7.33. The molecule has 2 fully saturated rings. The van der Waals surface area contributed by atoms with Crippen molar-refractivity contribution < 1.29 is 14.6 Å². The fourth-order valence-corrected chi connectivity index (χ4v) is 4.87. The van der Waals surface area contributed by atoms with Gasteiger partial charge in [0.25, 0.3) is 5.56 Å². The lowest BCUT2D eigenvalue weighted by atomic mass is 9.82. The van der Waals surface area contributed by atoms with E-state index >= 15 is 0 Å². The van der Waals surface area contributed by atoms with Gasteiger partial charge in [0.1, 0.15) is 23.0 Å². The molecule has 2 saturated carbocycles. The SMILES string of the molecule is CC(=O)Nc1cc(Oc2ccc3nc(Nc4cc(C5CC5)cn(C[C@@H]5CC[C@@H]5O)c4=O)n(C)c3c2)ccn1. The first-order valence-corrected chi connectivity index (χ1v) is 12.9. The van der Waals surface area contributed by atoms with Crippen molar-refractivity contribution in [3.8, 4) is 11.5 Å². The maximum atomic E-state index is 13.4. The van der Waals surface area contributed by atoms with Gasteiger partial charge in [0.2, 0.25) is 11.9 Å². The van der Waals surface area contributed by atoms with Crippen molar-refractivity contribution in [3.05, 3.63) is 64.7 Å². The number of nitrogens with one attached hydrogen (secondary N) is 2. The number of aliphatic hydroxyl groups is 1. The molecule has 0 unspecified atom stereocenters. The van der Waals surface area contributed by atoms with Crippen LogP contribution >= 0.6 is 0 Å². The minimum absolute atomic E-state index is 0.114. The van der Waals surface area contributed by atoms with E-state index in [1.54, 1.807) is 22.9 Å². The fraction of sp³-hybridized carbons (Fsp3) is 0.357. The first-order chi connectivity index (χ1) is 18.3. The summed E-state index contributed by atoms with van der Waals surface area (Å²) in [7, 11) is 1.89. The Balaban J connectivity index is 1.27. The van der Waals surface area contributed by atoms with E-state index in [9.17, 15) is 14.7 Å². The summed E-state index contributed by atoms with van der Waals surface area (Å²) in [5, 5.41) is 16.0. The number of aliphatic hydroxyl groups excluding tert-OH is 1. The fourth-order valence-electron chi connectivity index (χ4n) is 4.87. The van der Waals surface area contributed by atoms with Gasteiger partial charge in [-0.3, -0.25) is 9.59 Å². The van der Waals surface area contributed by atoms with Crippen molar-refractivity contribution in [2.75, 3.05) is 10.6 Å². The second kappa shape index (κ2) is 9.60. The van der Waals surface area contributed by atoms with Gasteiger partial charge < -0.3 is 29.6 Å². The van der Waals surface area contributed by atoms with Crippen LogP contribution in [0.3, 0.4) is 0 Å². The monoisotopic (exact) mass is 514 g/mol. The van der Waals surface area contributed by atoms with Crippen LogP contribution in [-0.4, -0.2) is 36.2 Å². The summed E-state index contributed by atoms with van der Waals surface area (Å²) in [6, 6.07) is 10.9. The standard InChI is InChI=1S/C28H30N6O4/c1-16(35)30-26-13-21(9-10-29-26)38-20-6-7-22-24(12-20)33(2)28(31-22)32-23-11-19(17-3-4-17)15-34(27(23)37)14-18-5-8-25(18)36/h6-7,9-13,15,17-18,25,36H,3-5,8,14H2,1-2H3,(H,31,32)(H,29,30,35)/t18-,25-/m0/s1. The van der Waals surface area contributed by atoms with Crippen LogP contribution in [0.2, 0.25) is 0 Å². The molecule has 10 nitrogen and oxygen atoms in total. The second-order valence-corrected chi connectivity index (χ2v) is 10.3. The zero-order chi connectivity index (χ0) is 26.4. The largest absolute Gasteiger partial charge is 0.457 e. The Morgan fingerprint density at radius 1 is 1.13 bits per heavy atom. The summed E-state index contributed by atoms with van der Waals surface area (Å²) in [6.07, 6.45) is 7.20. The Labute approximate surface area is 219 Å². The van der Waals surface area contributed by atoms with Crippen molar-refractivity contribution in [1.29, 1.82) is 0 Å². The number of amides is 1. The number of aromatic nitrogens is 4. The summed E-state index contributed by atoms with van der Waals surface area (Å²) in [4.78, 5) is 33.5. The summed E-state index contributed by atoms with van der Waals surface area (Å²) < 4.78 is 9.65. The topological polar surface area (TPSA) is 123 Å². The molecule has 3 heterocycles. The molecule has 1 amide bonds. The number of ether oxygens (including phenoxy) is 1. The Morgan fingerprint density at radius 3 is 2.66 bits per heavy atom. The number of anilines is 3. The Bertz CT molecular complexity index is 1590. The molecule has 2 aliphatic rings. The van der Waals surface area contributed by atoms with Gasteiger partial charge in [-0.05, 0) is 61.4 Å². The van der Waals surface area contributed by atoms with Crippen molar-refractivity contribution in [3.63, 3.8) is 0 Å². The molecule has 2 atom stereocenters. The minimum atomic E-state index is -0.330. The highest BCUT2D eigenvalue weighted by Crippen LogP contribution is 2.41. The van der Waals surface area contributed by atoms with E-state index in [2.05, 4.69) is 15.6 Å². The Kier molecular flexibility index (Phi) is 6.11. The molecule has 2 aliphatic carbocycles. The van der Waals surface area contributed by atoms with Gasteiger partial charge in [-0.2, -0.15) is 0 Å². The molecule has 3 N–H and O–H groups in total. The van der Waals surface area contributed by atoms with Crippen LogP contribution < -0.4 is 20.9 Å². The molecule has 3 aromatic heterocycles. The maximum Gasteiger partial charge on any atom is 0.274 e. The number of rotatable bonds is 8. The highest BCUT2D eigenvalue weighted by molar-refractivity contribution is 5.87. The van der Waals surface area contributed by atoms with Crippen LogP contribution in [0.4, 0.5) is 17.5 Å². The van der Waals surface area contributed by atoms with Crippen LogP contribution in [0.5, 0.6) is 11.5 Å². The number of carbonyl (C=O) groups is 1. The van der Waals surface area contributed by atoms with E-state index in [0.29, 0.717) is 41.4 Å². The van der Waals surface area contributed by atoms with Crippen LogP contribution in [0.15, 0.2) is 53.6 Å². The predicted molar refractivity (Wildman–Crippen MR) is 144 cm³/mol. The lowest BCUT2D eigenvalue weighted by Gasteiger charge is -2.32. The molecule has 1 aromatic carbocycles. The molecule has 0 spiro atoms. The zero-order valence-electron chi connectivity index (χ0n) is 21.3. The smallest absolute Gasteiger partial charge is 0.274 e. The predicted octanol–water partition coefficient (Wildman–Crippen LogP) is 4.27. The van der Waals surface area contributed by atoms with Gasteiger partial charge in [0, 0.05) is 51.0 Å². The minimum Gasteiger partial charge on any atom is -0.457 e. The third-order valence-electron chi connectivity index (χ3n) is 7.33. The molecule has 38 heavy (non-hydrogen) atoms. The van der Waals surface area contributed by atoms with Gasteiger partial charge in [-0.25, -0.2) is 9.97 Å². The number of carbonyl (C=O) groups excluding carboxylic acids is 1. The molecule has 6 rings (SSSR count). The quantitative estimate of drug-likeness (QED) is 0.321. The molecule has 0 aliphatic heterocycles. The number of imidazole rings is 1. The van der Waals surface area contributed by atoms with E-state index in [-0.39, 0.29) is 23.5 Å². The number of hydrogen-bond acceptors (Lipinski definition) is 7. The molecule has 4 aromatic rings. The summed E-state index contributed by atoms with van der Waals surface area (Å²) in [6.45, 7) is 1.95. The normalized spacial score (nSPS) is 18.7. The Hall–Kier alpha value is -4.18. The van der Waals surface area contributed by atoms with Crippen LogP contribution in [0.1, 0.15) is 44.1 Å². The van der Waals surface area contributed by atoms with Gasteiger partial charge in [-0.15, -0.1) is 0 Å². The second-order valence-electron chi connectivity index (χ2n) is 10.3. The van der Waals surface area contributed by atoms with Crippen molar-refractivity contribution in [1.82, 2.24) is 19.1 Å². The van der Waals surface area contributed by atoms with Gasteiger partial charge in [0.05, 0.1) is 17.1 Å². The summed E-state index contributed by atoms with van der Waals surface area (Å²) >= 11 is 0. The lowest BCUT2D eigenvalue weighted by molar-refractivity contribution is -0.114. The average molecular weight is 515 g/mol. The lowest BCUT2D eigenvalue weighted by Crippen LogP contribution is -2.37. The van der Waals surface area contributed by atoms with Crippen LogP contribution in [0, 0.1) is 5.92 Å². The number of nitrogens with zero attached hydrogens (tertiary/aromatic N) is 4. The molecular weight excluding hydrogens is 484 g/mol. The molecule has 10 heteroatoms. The van der Waals surface area contributed by atoms with Crippen molar-refractivity contribution in [2.45, 2.75) is 51.2 Å². The maximum absolute atomic E-state index is 13.4. The van der Waals surface area contributed by atoms with E-state index in [0.717, 1.165) is 42.3 Å². The number of fused-ring (bicyclic) bond motifs is 1. The molecule has 0 saturated heterocycles. The summed E-state index contributed by atoms with van der Waals surface area (Å²) in [5.41, 5.74) is 3.11. The van der Waals surface area contributed by atoms with Gasteiger partial charge in [-0.1, -0.05) is 0 Å². The molecule has 0 radical (unpaired) electrons. The number of hydrogen-bond donors (Lipinski definition) is 3. The zero-order valence-corrected chi connectivity index (χ0v) is 21.3. The van der Waals surface area contributed by atoms with Crippen molar-refractivity contribution in [2.24, 2.45) is 13.0 Å². The number of aryl methyl sites for hydroxylation is 1. The Morgan fingerprint density at radius 2 is 1.95 bits per heavy atom. The number of pyridine rings is 2. The average Bonchev–Trinajstić information content (AvgIpc) is 3.69. The van der Waals surface area contributed by atoms with E-state index in [1.165, 1.54) is 6.92 Å². The van der Waals surface area contributed by atoms with Crippen LogP contribution in [-0.2, 0) is 18.4 Å². The van der Waals surface area contributed by atoms with Gasteiger partial charge >= 0.3 is 0 Å². The number of benzene rings is 1. The van der Waals surface area contributed by atoms with Gasteiger partial charge in [0.15, 0.2) is 0 Å². The van der Waals surface area contributed by atoms with E-state index in [1.807, 2.05) is 42.1 Å². The van der Waals surface area contributed by atoms with E-state index < -0.39 is 0 Å². The molecular formula is C28H30N6O4. The first kappa shape index (κ1) is 24.2. The third kappa shape index (κ3) is 4.87. The van der Waals surface area contributed by atoms with E-state index in [4.69, 9.17) is 9.72 Å².